The first-order chi connectivity index (χ1) is 6.33. The first kappa shape index (κ1) is 9.00. The van der Waals surface area contributed by atoms with Gasteiger partial charge in [-0.15, -0.1) is 0 Å². The van der Waals surface area contributed by atoms with Gasteiger partial charge < -0.3 is 10.1 Å². The van der Waals surface area contributed by atoms with Crippen molar-refractivity contribution < 1.29 is 9.53 Å². The van der Waals surface area contributed by atoms with E-state index in [2.05, 4.69) is 5.32 Å². The van der Waals surface area contributed by atoms with E-state index < -0.39 is 0 Å². The molecule has 3 heteroatoms. The molecule has 0 spiro atoms. The Balaban J connectivity index is 1.99. The number of carbonyl (C=O) groups is 1. The summed E-state index contributed by atoms with van der Waals surface area (Å²) < 4.78 is 4.82. The van der Waals surface area contributed by atoms with E-state index in [1.54, 1.807) is 0 Å². The van der Waals surface area contributed by atoms with E-state index in [0.717, 1.165) is 25.3 Å². The van der Waals surface area contributed by atoms with Gasteiger partial charge in [-0.25, -0.2) is 0 Å². The van der Waals surface area contributed by atoms with E-state index in [-0.39, 0.29) is 11.9 Å². The average Bonchev–Trinajstić information content (AvgIpc) is 3.00. The molecular weight excluding hydrogens is 166 g/mol. The van der Waals surface area contributed by atoms with Gasteiger partial charge in [-0.2, -0.15) is 0 Å². The Morgan fingerprint density at radius 2 is 2.15 bits per heavy atom. The van der Waals surface area contributed by atoms with Gasteiger partial charge >= 0.3 is 5.97 Å². The third kappa shape index (κ3) is 1.85. The molecule has 0 aromatic rings. The zero-order chi connectivity index (χ0) is 9.26. The molecule has 0 amide bonds. The Kier molecular flexibility index (Phi) is 2.54. The molecule has 2 atom stereocenters. The standard InChI is InChI=1S/C10H17NO2/c1-13-10(12)8-3-2-6-11-9(8)7-4-5-7/h7-9,11H,2-6H2,1H3/t8-,9-/m1/s1. The molecular formula is C10H17NO2. The molecule has 2 aliphatic rings. The maximum absolute atomic E-state index is 11.4. The molecule has 13 heavy (non-hydrogen) atoms. The molecule has 1 aliphatic heterocycles. The van der Waals surface area contributed by atoms with Gasteiger partial charge in [0.1, 0.15) is 0 Å². The Bertz CT molecular complexity index is 201. The smallest absolute Gasteiger partial charge is 0.310 e. The normalized spacial score (nSPS) is 34.2. The summed E-state index contributed by atoms with van der Waals surface area (Å²) in [7, 11) is 1.49. The molecule has 0 bridgehead atoms. The fraction of sp³-hybridized carbons (Fsp3) is 0.900. The van der Waals surface area contributed by atoms with Gasteiger partial charge in [0.25, 0.3) is 0 Å². The van der Waals surface area contributed by atoms with E-state index in [1.165, 1.54) is 20.0 Å². The summed E-state index contributed by atoms with van der Waals surface area (Å²) in [6.07, 6.45) is 4.67. The molecule has 0 radical (unpaired) electrons. The molecule has 1 heterocycles. The van der Waals surface area contributed by atoms with Crippen molar-refractivity contribution >= 4 is 5.97 Å². The lowest BCUT2D eigenvalue weighted by molar-refractivity contribution is -0.147. The monoisotopic (exact) mass is 183 g/mol. The van der Waals surface area contributed by atoms with Crippen molar-refractivity contribution in [3.05, 3.63) is 0 Å². The highest BCUT2D eigenvalue weighted by molar-refractivity contribution is 5.73. The van der Waals surface area contributed by atoms with Crippen LogP contribution in [0.1, 0.15) is 25.7 Å². The SMILES string of the molecule is COC(=O)[C@@H]1CCCN[C@@H]1C1CC1. The van der Waals surface area contributed by atoms with Crippen LogP contribution < -0.4 is 5.32 Å². The van der Waals surface area contributed by atoms with Gasteiger partial charge in [-0.3, -0.25) is 4.79 Å². The number of hydrogen-bond donors (Lipinski definition) is 1. The summed E-state index contributed by atoms with van der Waals surface area (Å²) in [5.74, 6) is 0.833. The fourth-order valence-electron chi connectivity index (χ4n) is 2.28. The molecule has 2 fully saturated rings. The van der Waals surface area contributed by atoms with E-state index in [9.17, 15) is 4.79 Å². The summed E-state index contributed by atoms with van der Waals surface area (Å²) in [6.45, 7) is 1.06. The third-order valence-corrected chi connectivity index (χ3v) is 3.14. The molecule has 3 nitrogen and oxygen atoms in total. The fourth-order valence-corrected chi connectivity index (χ4v) is 2.28. The largest absolute Gasteiger partial charge is 0.469 e. The van der Waals surface area contributed by atoms with Crippen molar-refractivity contribution in [2.24, 2.45) is 11.8 Å². The first-order valence-corrected chi connectivity index (χ1v) is 5.14. The minimum absolute atomic E-state index is 0.0240. The van der Waals surface area contributed by atoms with Crippen molar-refractivity contribution in [2.75, 3.05) is 13.7 Å². The van der Waals surface area contributed by atoms with E-state index >= 15 is 0 Å². The van der Waals surface area contributed by atoms with Gasteiger partial charge in [0, 0.05) is 6.04 Å². The van der Waals surface area contributed by atoms with E-state index in [4.69, 9.17) is 4.74 Å². The average molecular weight is 183 g/mol. The van der Waals surface area contributed by atoms with Crippen LogP contribution in [0.2, 0.25) is 0 Å². The Hall–Kier alpha value is -0.570. The molecule has 1 saturated carbocycles. The molecule has 0 aromatic heterocycles. The number of methoxy groups -OCH3 is 1. The number of piperidine rings is 1. The summed E-state index contributed by atoms with van der Waals surface area (Å²) >= 11 is 0. The molecule has 2 rings (SSSR count). The van der Waals surface area contributed by atoms with Crippen molar-refractivity contribution in [3.8, 4) is 0 Å². The lowest BCUT2D eigenvalue weighted by atomic mass is 9.88. The second-order valence-corrected chi connectivity index (χ2v) is 4.09. The number of nitrogens with one attached hydrogen (secondary N) is 1. The highest BCUT2D eigenvalue weighted by Crippen LogP contribution is 2.38. The van der Waals surface area contributed by atoms with Gasteiger partial charge in [0.2, 0.25) is 0 Å². The lowest BCUT2D eigenvalue weighted by Crippen LogP contribution is -2.46. The molecule has 74 valence electrons. The van der Waals surface area contributed by atoms with Crippen molar-refractivity contribution in [1.82, 2.24) is 5.32 Å². The topological polar surface area (TPSA) is 38.3 Å². The van der Waals surface area contributed by atoms with Crippen LogP contribution >= 0.6 is 0 Å². The zero-order valence-electron chi connectivity index (χ0n) is 8.08. The van der Waals surface area contributed by atoms with E-state index in [0.29, 0.717) is 6.04 Å². The molecule has 1 saturated heterocycles. The van der Waals surface area contributed by atoms with Gasteiger partial charge in [-0.1, -0.05) is 0 Å². The lowest BCUT2D eigenvalue weighted by Gasteiger charge is -2.30. The van der Waals surface area contributed by atoms with Gasteiger partial charge in [-0.05, 0) is 38.1 Å². The zero-order valence-corrected chi connectivity index (χ0v) is 8.08. The Morgan fingerprint density at radius 1 is 1.38 bits per heavy atom. The summed E-state index contributed by atoms with van der Waals surface area (Å²) in [5.41, 5.74) is 0. The second-order valence-electron chi connectivity index (χ2n) is 4.09. The van der Waals surface area contributed by atoms with Gasteiger partial charge in [0.05, 0.1) is 13.0 Å². The second kappa shape index (κ2) is 3.66. The van der Waals surface area contributed by atoms with Crippen molar-refractivity contribution in [2.45, 2.75) is 31.7 Å². The maximum Gasteiger partial charge on any atom is 0.310 e. The highest BCUT2D eigenvalue weighted by Gasteiger charge is 2.41. The first-order valence-electron chi connectivity index (χ1n) is 5.14. The Morgan fingerprint density at radius 3 is 2.77 bits per heavy atom. The van der Waals surface area contributed by atoms with Crippen LogP contribution in [0.5, 0.6) is 0 Å². The predicted octanol–water partition coefficient (Wildman–Crippen LogP) is 0.938. The number of hydrogen-bond acceptors (Lipinski definition) is 3. The summed E-state index contributed by atoms with van der Waals surface area (Å²) in [6, 6.07) is 0.404. The van der Waals surface area contributed by atoms with Crippen molar-refractivity contribution in [3.63, 3.8) is 0 Å². The van der Waals surface area contributed by atoms with Gasteiger partial charge in [0.15, 0.2) is 0 Å². The summed E-state index contributed by atoms with van der Waals surface area (Å²) in [4.78, 5) is 11.4. The van der Waals surface area contributed by atoms with Crippen LogP contribution in [0.15, 0.2) is 0 Å². The molecule has 1 aliphatic carbocycles. The minimum Gasteiger partial charge on any atom is -0.469 e. The molecule has 0 unspecified atom stereocenters. The third-order valence-electron chi connectivity index (χ3n) is 3.14. The maximum atomic E-state index is 11.4. The predicted molar refractivity (Wildman–Crippen MR) is 49.3 cm³/mol. The van der Waals surface area contributed by atoms with E-state index in [1.807, 2.05) is 0 Å². The Labute approximate surface area is 78.8 Å². The van der Waals surface area contributed by atoms with Crippen LogP contribution in [0.25, 0.3) is 0 Å². The molecule has 1 N–H and O–H groups in total. The van der Waals surface area contributed by atoms with Crippen molar-refractivity contribution in [1.29, 1.82) is 0 Å². The quantitative estimate of drug-likeness (QED) is 0.647. The van der Waals surface area contributed by atoms with Crippen LogP contribution in [0.3, 0.4) is 0 Å². The van der Waals surface area contributed by atoms with Crippen LogP contribution in [0, 0.1) is 11.8 Å². The number of rotatable bonds is 2. The summed E-state index contributed by atoms with van der Waals surface area (Å²) in [5, 5.41) is 3.45. The number of ether oxygens (including phenoxy) is 1. The molecule has 0 aromatic carbocycles. The van der Waals surface area contributed by atoms with Crippen LogP contribution in [0.4, 0.5) is 0 Å². The minimum atomic E-state index is -0.0240. The number of carbonyl (C=O) groups excluding carboxylic acids is 1. The number of esters is 1. The van der Waals surface area contributed by atoms with Crippen LogP contribution in [-0.4, -0.2) is 25.7 Å². The highest BCUT2D eigenvalue weighted by atomic mass is 16.5. The van der Waals surface area contributed by atoms with Crippen LogP contribution in [-0.2, 0) is 9.53 Å².